The molecule has 0 unspecified atom stereocenters. The molecule has 2 aromatic rings. The predicted molar refractivity (Wildman–Crippen MR) is 195 cm³/mol. The summed E-state index contributed by atoms with van der Waals surface area (Å²) >= 11 is 0. The van der Waals surface area contributed by atoms with Crippen LogP contribution in [0.25, 0.3) is 0 Å². The van der Waals surface area contributed by atoms with Crippen molar-refractivity contribution in [2.24, 2.45) is 5.41 Å². The van der Waals surface area contributed by atoms with Crippen LogP contribution >= 0.6 is 0 Å². The molecule has 0 spiro atoms. The summed E-state index contributed by atoms with van der Waals surface area (Å²) in [6.07, 6.45) is 14.0. The molecule has 0 radical (unpaired) electrons. The zero-order valence-corrected chi connectivity index (χ0v) is 30.4. The summed E-state index contributed by atoms with van der Waals surface area (Å²) in [6, 6.07) is 22.0. The molecule has 0 aliphatic heterocycles. The maximum Gasteiger partial charge on any atom is 0.331 e. The molecule has 2 aromatic carbocycles. The smallest absolute Gasteiger partial charge is 0.331 e. The summed E-state index contributed by atoms with van der Waals surface area (Å²) < 4.78 is 5.79. The van der Waals surface area contributed by atoms with Crippen LogP contribution in [0.3, 0.4) is 0 Å². The normalized spacial score (nSPS) is 24.9. The first-order valence-corrected chi connectivity index (χ1v) is 18.6. The van der Waals surface area contributed by atoms with Gasteiger partial charge in [0.15, 0.2) is 11.9 Å². The van der Waals surface area contributed by atoms with E-state index in [9.17, 15) is 14.7 Å². The number of carbonyl (C=O) groups is 2. The Morgan fingerprint density at radius 2 is 1.50 bits per heavy atom. The molecule has 1 N–H and O–H groups in total. The summed E-state index contributed by atoms with van der Waals surface area (Å²) in [5.74, 6) is -0.655. The Bertz CT molecular complexity index is 1450. The second kappa shape index (κ2) is 15.4. The van der Waals surface area contributed by atoms with Crippen LogP contribution in [0.5, 0.6) is 0 Å². The van der Waals surface area contributed by atoms with Gasteiger partial charge in [0.2, 0.25) is 0 Å². The van der Waals surface area contributed by atoms with Crippen molar-refractivity contribution in [1.82, 2.24) is 0 Å². The zero-order chi connectivity index (χ0) is 34.2. The lowest BCUT2D eigenvalue weighted by atomic mass is 9.80. The first-order valence-electron chi connectivity index (χ1n) is 16.4. The van der Waals surface area contributed by atoms with Crippen LogP contribution in [0.1, 0.15) is 81.6 Å². The highest BCUT2D eigenvalue weighted by Gasteiger charge is 2.48. The van der Waals surface area contributed by atoms with Crippen LogP contribution in [-0.4, -0.2) is 36.6 Å². The third kappa shape index (κ3) is 9.49. The summed E-state index contributed by atoms with van der Waals surface area (Å²) in [5.41, 5.74) is 0.848. The van der Waals surface area contributed by atoms with Crippen LogP contribution in [0.2, 0.25) is 11.1 Å². The van der Waals surface area contributed by atoms with Crippen molar-refractivity contribution < 1.29 is 19.4 Å². The molecular formula is C41H54O4Si. The van der Waals surface area contributed by atoms with Crippen molar-refractivity contribution in [3.63, 3.8) is 0 Å². The van der Waals surface area contributed by atoms with Gasteiger partial charge >= 0.3 is 5.97 Å². The number of hydrogen-bond acceptors (Lipinski definition) is 4. The van der Waals surface area contributed by atoms with Gasteiger partial charge in [-0.1, -0.05) is 128 Å². The fourth-order valence-corrected chi connectivity index (χ4v) is 11.7. The lowest BCUT2D eigenvalue weighted by molar-refractivity contribution is -0.148. The summed E-state index contributed by atoms with van der Waals surface area (Å²) in [4.78, 5) is 27.0. The molecule has 4 nitrogen and oxygen atoms in total. The maximum atomic E-state index is 14.3. The highest BCUT2D eigenvalue weighted by atomic mass is 28.3. The lowest BCUT2D eigenvalue weighted by Gasteiger charge is -2.44. The monoisotopic (exact) mass is 638 g/mol. The van der Waals surface area contributed by atoms with Gasteiger partial charge in [-0.3, -0.25) is 4.79 Å². The highest BCUT2D eigenvalue weighted by Crippen LogP contribution is 2.42. The van der Waals surface area contributed by atoms with Crippen molar-refractivity contribution in [3.05, 3.63) is 120 Å². The van der Waals surface area contributed by atoms with Gasteiger partial charge < -0.3 is 9.84 Å². The molecule has 5 heteroatoms. The van der Waals surface area contributed by atoms with Crippen LogP contribution in [0.4, 0.5) is 0 Å². The third-order valence-corrected chi connectivity index (χ3v) is 15.2. The molecule has 0 amide bonds. The topological polar surface area (TPSA) is 63.6 Å². The van der Waals surface area contributed by atoms with E-state index >= 15 is 0 Å². The third-order valence-electron chi connectivity index (χ3n) is 9.14. The molecule has 0 fully saturated rings. The first-order chi connectivity index (χ1) is 21.5. The van der Waals surface area contributed by atoms with E-state index in [1.54, 1.807) is 13.0 Å². The molecule has 1 aliphatic rings. The van der Waals surface area contributed by atoms with Gasteiger partial charge in [0, 0.05) is 6.08 Å². The van der Waals surface area contributed by atoms with Crippen LogP contribution < -0.4 is 10.4 Å². The van der Waals surface area contributed by atoms with Crippen LogP contribution in [0, 0.1) is 5.41 Å². The van der Waals surface area contributed by atoms with E-state index in [1.165, 1.54) is 34.2 Å². The molecule has 0 heterocycles. The van der Waals surface area contributed by atoms with Crippen molar-refractivity contribution in [1.29, 1.82) is 0 Å². The van der Waals surface area contributed by atoms with E-state index in [1.807, 2.05) is 26.0 Å². The number of esters is 1. The SMILES string of the molecule is CC(C)=CCC[C@]1(C)/C=C/[C@@H](OC(=O)C=C(C)C)[C@](C)(O)/C=C/C(=O)/C(C[Si](c2ccccc2)(c2ccccc2)C(C)(C)C)=C\C1. The minimum atomic E-state index is -2.62. The summed E-state index contributed by atoms with van der Waals surface area (Å²) in [6.45, 7) is 18.5. The molecule has 1 aliphatic carbocycles. The molecule has 3 atom stereocenters. The number of ketones is 1. The van der Waals surface area contributed by atoms with Crippen molar-refractivity contribution in [3.8, 4) is 0 Å². The van der Waals surface area contributed by atoms with Gasteiger partial charge in [0.05, 0.1) is 0 Å². The maximum absolute atomic E-state index is 14.3. The largest absolute Gasteiger partial charge is 0.452 e. The van der Waals surface area contributed by atoms with Crippen molar-refractivity contribution in [2.45, 2.75) is 104 Å². The number of aliphatic hydroxyl groups is 1. The molecule has 0 aromatic heterocycles. The van der Waals surface area contributed by atoms with E-state index in [2.05, 4.69) is 108 Å². The first kappa shape index (κ1) is 36.9. The minimum Gasteiger partial charge on any atom is -0.452 e. The fourth-order valence-electron chi connectivity index (χ4n) is 6.31. The van der Waals surface area contributed by atoms with Crippen LogP contribution in [-0.2, 0) is 14.3 Å². The molecule has 246 valence electrons. The van der Waals surface area contributed by atoms with E-state index in [4.69, 9.17) is 4.74 Å². The number of ether oxygens (including phenoxy) is 1. The van der Waals surface area contributed by atoms with Gasteiger partial charge in [-0.15, -0.1) is 0 Å². The number of carbonyl (C=O) groups excluding carboxylic acids is 2. The van der Waals surface area contributed by atoms with Gasteiger partial charge in [0.1, 0.15) is 13.7 Å². The van der Waals surface area contributed by atoms with Gasteiger partial charge in [-0.05, 0) is 94.2 Å². The second-order valence-electron chi connectivity index (χ2n) is 14.8. The number of hydrogen-bond donors (Lipinski definition) is 1. The van der Waals surface area contributed by atoms with Crippen molar-refractivity contribution in [2.75, 3.05) is 0 Å². The number of rotatable bonds is 9. The Morgan fingerprint density at radius 3 is 2.00 bits per heavy atom. The van der Waals surface area contributed by atoms with E-state index < -0.39 is 25.7 Å². The Kier molecular flexibility index (Phi) is 12.3. The number of allylic oxidation sites excluding steroid dienone is 7. The summed E-state index contributed by atoms with van der Waals surface area (Å²) in [7, 11) is -2.62. The second-order valence-corrected chi connectivity index (χ2v) is 19.7. The Labute approximate surface area is 278 Å². The molecular weight excluding hydrogens is 585 g/mol. The Morgan fingerprint density at radius 1 is 0.935 bits per heavy atom. The van der Waals surface area contributed by atoms with Crippen LogP contribution in [0.15, 0.2) is 120 Å². The average molecular weight is 639 g/mol. The van der Waals surface area contributed by atoms with E-state index in [0.29, 0.717) is 12.5 Å². The number of benzene rings is 2. The predicted octanol–water partition coefficient (Wildman–Crippen LogP) is 8.44. The lowest BCUT2D eigenvalue weighted by Crippen LogP contribution is -2.64. The quantitative estimate of drug-likeness (QED) is 0.130. The van der Waals surface area contributed by atoms with Crippen molar-refractivity contribution >= 4 is 30.2 Å². The molecule has 3 rings (SSSR count). The fraction of sp³-hybridized carbons (Fsp3) is 0.415. The van der Waals surface area contributed by atoms with E-state index in [0.717, 1.165) is 24.0 Å². The van der Waals surface area contributed by atoms with E-state index in [-0.39, 0.29) is 16.2 Å². The Hall–Kier alpha value is -3.54. The zero-order valence-electron chi connectivity index (χ0n) is 29.4. The molecule has 46 heavy (non-hydrogen) atoms. The van der Waals surface area contributed by atoms with Gasteiger partial charge in [-0.2, -0.15) is 0 Å². The minimum absolute atomic E-state index is 0.129. The highest BCUT2D eigenvalue weighted by molar-refractivity contribution is 7.04. The molecule has 0 bridgehead atoms. The Balaban J connectivity index is 2.23. The van der Waals surface area contributed by atoms with Gasteiger partial charge in [0.25, 0.3) is 0 Å². The molecule has 0 saturated carbocycles. The van der Waals surface area contributed by atoms with Gasteiger partial charge in [-0.25, -0.2) is 4.79 Å². The standard InChI is InChI=1S/C41H54O4Si/c1-31(2)17-16-25-40(8)26-22-33(36(42)23-28-41(9,44)37(24-27-40)45-38(43)29-32(3)4)30-46(39(5,6)7,34-18-12-10-13-19-34)35-20-14-11-15-21-35/h10-15,17-24,27-29,37,44H,16,25-26,30H2,1-9H3/b27-24+,28-23+,33-22-/t37-,40+,41-/m1/s1. The summed E-state index contributed by atoms with van der Waals surface area (Å²) in [5, 5.41) is 14.1. The average Bonchev–Trinajstić information content (AvgIpc) is 2.99. The molecule has 0 saturated heterocycles.